The van der Waals surface area contributed by atoms with Crippen LogP contribution in [0.5, 0.6) is 17.2 Å². The van der Waals surface area contributed by atoms with E-state index in [1.54, 1.807) is 31.4 Å². The number of hydrogen-bond donors (Lipinski definition) is 1. The van der Waals surface area contributed by atoms with Gasteiger partial charge in [0.15, 0.2) is 0 Å². The average molecular weight is 474 g/mol. The van der Waals surface area contributed by atoms with E-state index in [-0.39, 0.29) is 23.4 Å². The van der Waals surface area contributed by atoms with Crippen LogP contribution in [-0.4, -0.2) is 43.0 Å². The van der Waals surface area contributed by atoms with Crippen LogP contribution in [0.3, 0.4) is 0 Å². The molecular formula is C28H27NO6. The van der Waals surface area contributed by atoms with Crippen molar-refractivity contribution in [1.82, 2.24) is 4.90 Å². The number of hydrogen-bond acceptors (Lipinski definition) is 6. The minimum absolute atomic E-state index is 0.00856. The first kappa shape index (κ1) is 23.9. The zero-order chi connectivity index (χ0) is 25.1. The molecule has 1 amide bonds. The Morgan fingerprint density at radius 3 is 2.26 bits per heavy atom. The van der Waals surface area contributed by atoms with Crippen molar-refractivity contribution >= 4 is 17.4 Å². The number of carbonyl (C=O) groups is 2. The average Bonchev–Trinajstić information content (AvgIpc) is 3.13. The lowest BCUT2D eigenvalue weighted by Crippen LogP contribution is -2.29. The number of para-hydroxylation sites is 1. The number of carbonyl (C=O) groups excluding carboxylic acids is 2. The molecule has 0 bridgehead atoms. The smallest absolute Gasteiger partial charge is 0.295 e. The van der Waals surface area contributed by atoms with Crippen molar-refractivity contribution in [2.24, 2.45) is 0 Å². The first-order valence-electron chi connectivity index (χ1n) is 11.1. The second-order valence-corrected chi connectivity index (χ2v) is 8.16. The van der Waals surface area contributed by atoms with Crippen molar-refractivity contribution in [2.45, 2.75) is 19.5 Å². The molecule has 0 aliphatic carbocycles. The molecule has 3 aromatic carbocycles. The number of amides is 1. The van der Waals surface area contributed by atoms with Crippen molar-refractivity contribution in [3.05, 3.63) is 94.6 Å². The summed E-state index contributed by atoms with van der Waals surface area (Å²) < 4.78 is 16.2. The molecule has 4 rings (SSSR count). The van der Waals surface area contributed by atoms with Gasteiger partial charge in [0.2, 0.25) is 0 Å². The molecule has 0 aromatic heterocycles. The number of Topliss-reactive ketones (excluding diaryl/α,β-unsaturated/α-hetero) is 1. The van der Waals surface area contributed by atoms with E-state index < -0.39 is 17.7 Å². The summed E-state index contributed by atoms with van der Waals surface area (Å²) in [6, 6.07) is 18.9. The molecule has 0 spiro atoms. The molecule has 7 nitrogen and oxygen atoms in total. The normalized spacial score (nSPS) is 16.9. The Bertz CT molecular complexity index is 1310. The first-order chi connectivity index (χ1) is 16.9. The number of rotatable bonds is 7. The van der Waals surface area contributed by atoms with E-state index in [0.29, 0.717) is 17.2 Å². The van der Waals surface area contributed by atoms with Crippen molar-refractivity contribution in [2.75, 3.05) is 21.3 Å². The number of ketones is 1. The molecule has 1 fully saturated rings. The highest BCUT2D eigenvalue weighted by Crippen LogP contribution is 2.43. The Hall–Kier alpha value is -4.26. The molecule has 1 heterocycles. The maximum atomic E-state index is 13.4. The van der Waals surface area contributed by atoms with Crippen LogP contribution in [0.4, 0.5) is 0 Å². The lowest BCUT2D eigenvalue weighted by molar-refractivity contribution is -0.140. The van der Waals surface area contributed by atoms with Gasteiger partial charge in [-0.2, -0.15) is 0 Å². The van der Waals surface area contributed by atoms with Crippen LogP contribution in [0.2, 0.25) is 0 Å². The minimum atomic E-state index is -0.808. The largest absolute Gasteiger partial charge is 0.507 e. The molecule has 1 atom stereocenters. The molecule has 1 aliphatic rings. The Morgan fingerprint density at radius 2 is 1.57 bits per heavy atom. The lowest BCUT2D eigenvalue weighted by Gasteiger charge is -2.27. The number of aliphatic hydroxyl groups excluding tert-OH is 1. The van der Waals surface area contributed by atoms with Crippen LogP contribution >= 0.6 is 0 Å². The lowest BCUT2D eigenvalue weighted by atomic mass is 9.92. The molecule has 0 saturated carbocycles. The fourth-order valence-corrected chi connectivity index (χ4v) is 4.42. The van der Waals surface area contributed by atoms with Gasteiger partial charge in [0, 0.05) is 5.56 Å². The number of likely N-dealkylation sites (tertiary alicyclic amines) is 1. The molecule has 35 heavy (non-hydrogen) atoms. The fourth-order valence-electron chi connectivity index (χ4n) is 4.42. The molecule has 3 aromatic rings. The number of methoxy groups -OCH3 is 3. The van der Waals surface area contributed by atoms with Crippen molar-refractivity contribution in [3.8, 4) is 17.2 Å². The van der Waals surface area contributed by atoms with Gasteiger partial charge in [0.05, 0.1) is 45.1 Å². The van der Waals surface area contributed by atoms with E-state index in [4.69, 9.17) is 14.2 Å². The quantitative estimate of drug-likeness (QED) is 0.306. The Balaban J connectivity index is 1.94. The van der Waals surface area contributed by atoms with Crippen LogP contribution < -0.4 is 14.2 Å². The van der Waals surface area contributed by atoms with Crippen LogP contribution in [0, 0.1) is 6.92 Å². The van der Waals surface area contributed by atoms with Crippen LogP contribution in [-0.2, 0) is 16.1 Å². The second-order valence-electron chi connectivity index (χ2n) is 8.16. The van der Waals surface area contributed by atoms with E-state index in [1.807, 2.05) is 49.4 Å². The predicted octanol–water partition coefficient (Wildman–Crippen LogP) is 4.64. The molecule has 180 valence electrons. The van der Waals surface area contributed by atoms with Gasteiger partial charge in [-0.15, -0.1) is 0 Å². The molecular weight excluding hydrogens is 446 g/mol. The van der Waals surface area contributed by atoms with Gasteiger partial charge in [-0.3, -0.25) is 9.59 Å². The molecule has 0 radical (unpaired) electrons. The first-order valence-corrected chi connectivity index (χ1v) is 11.1. The zero-order valence-electron chi connectivity index (χ0n) is 20.1. The van der Waals surface area contributed by atoms with Gasteiger partial charge in [0.25, 0.3) is 11.7 Å². The molecule has 1 saturated heterocycles. The van der Waals surface area contributed by atoms with Gasteiger partial charge in [-0.1, -0.05) is 42.5 Å². The summed E-state index contributed by atoms with van der Waals surface area (Å²) in [5.41, 5.74) is 2.62. The van der Waals surface area contributed by atoms with Gasteiger partial charge >= 0.3 is 0 Å². The van der Waals surface area contributed by atoms with Gasteiger partial charge in [-0.05, 0) is 42.3 Å². The summed E-state index contributed by atoms with van der Waals surface area (Å²) >= 11 is 0. The van der Waals surface area contributed by atoms with E-state index in [9.17, 15) is 14.7 Å². The predicted molar refractivity (Wildman–Crippen MR) is 132 cm³/mol. The minimum Gasteiger partial charge on any atom is -0.507 e. The zero-order valence-corrected chi connectivity index (χ0v) is 20.1. The number of nitrogens with zero attached hydrogens (tertiary/aromatic N) is 1. The summed E-state index contributed by atoms with van der Waals surface area (Å²) in [5.74, 6) is -0.365. The Morgan fingerprint density at radius 1 is 0.886 bits per heavy atom. The molecule has 1 unspecified atom stereocenters. The third-order valence-corrected chi connectivity index (χ3v) is 6.22. The van der Waals surface area contributed by atoms with Crippen molar-refractivity contribution < 1.29 is 28.9 Å². The standard InChI is InChI=1S/C28H27NO6/c1-17-9-5-7-11-20(17)25-24(26(30)21-15-19(33-2)13-14-23(21)35-4)27(31)28(32)29(25)16-18-10-6-8-12-22(18)34-3/h5-15,25,30H,16H2,1-4H3/b26-24+. The fraction of sp³-hybridized carbons (Fsp3) is 0.214. The third-order valence-electron chi connectivity index (χ3n) is 6.22. The van der Waals surface area contributed by atoms with Crippen molar-refractivity contribution in [1.29, 1.82) is 0 Å². The van der Waals surface area contributed by atoms with Gasteiger partial charge < -0.3 is 24.2 Å². The van der Waals surface area contributed by atoms with E-state index >= 15 is 0 Å². The molecule has 1 aliphatic heterocycles. The summed E-state index contributed by atoms with van der Waals surface area (Å²) in [6.45, 7) is 2.03. The number of benzene rings is 3. The van der Waals surface area contributed by atoms with Crippen LogP contribution in [0.15, 0.2) is 72.3 Å². The number of ether oxygens (including phenoxy) is 3. The van der Waals surface area contributed by atoms with Crippen molar-refractivity contribution in [3.63, 3.8) is 0 Å². The summed E-state index contributed by atoms with van der Waals surface area (Å²) in [6.07, 6.45) is 0. The highest BCUT2D eigenvalue weighted by molar-refractivity contribution is 6.46. The van der Waals surface area contributed by atoms with Crippen LogP contribution in [0.25, 0.3) is 5.76 Å². The Kier molecular flexibility index (Phi) is 6.78. The summed E-state index contributed by atoms with van der Waals surface area (Å²) in [4.78, 5) is 28.2. The topological polar surface area (TPSA) is 85.3 Å². The maximum absolute atomic E-state index is 13.4. The monoisotopic (exact) mass is 473 g/mol. The molecule has 1 N–H and O–H groups in total. The third kappa shape index (κ3) is 4.33. The van der Waals surface area contributed by atoms with Gasteiger partial charge in [0.1, 0.15) is 23.0 Å². The van der Waals surface area contributed by atoms with E-state index in [0.717, 1.165) is 16.7 Å². The number of aryl methyl sites for hydroxylation is 1. The summed E-state index contributed by atoms with van der Waals surface area (Å²) in [7, 11) is 4.53. The highest BCUT2D eigenvalue weighted by Gasteiger charge is 2.47. The second kappa shape index (κ2) is 9.93. The summed E-state index contributed by atoms with van der Waals surface area (Å²) in [5, 5.41) is 11.5. The van der Waals surface area contributed by atoms with E-state index in [2.05, 4.69) is 0 Å². The van der Waals surface area contributed by atoms with Gasteiger partial charge in [-0.25, -0.2) is 0 Å². The molecule has 7 heteroatoms. The van der Waals surface area contributed by atoms with E-state index in [1.165, 1.54) is 19.1 Å². The van der Waals surface area contributed by atoms with Crippen LogP contribution in [0.1, 0.15) is 28.3 Å². The highest BCUT2D eigenvalue weighted by atomic mass is 16.5. The number of aliphatic hydroxyl groups is 1. The maximum Gasteiger partial charge on any atom is 0.295 e. The Labute approximate surface area is 204 Å². The SMILES string of the molecule is COc1ccc(OC)c(/C(O)=C2\C(=O)C(=O)N(Cc3ccccc3OC)C2c2ccccc2C)c1.